The van der Waals surface area contributed by atoms with E-state index in [0.717, 1.165) is 18.5 Å². The van der Waals surface area contributed by atoms with Crippen LogP contribution in [0.2, 0.25) is 0 Å². The highest BCUT2D eigenvalue weighted by Crippen LogP contribution is 2.31. The number of rotatable bonds is 7. The lowest BCUT2D eigenvalue weighted by molar-refractivity contribution is 0.102. The molecule has 0 unspecified atom stereocenters. The highest BCUT2D eigenvalue weighted by molar-refractivity contribution is 7.89. The average molecular weight is 442 g/mol. The number of carbonyl (C=O) groups excluding carboxylic acids is 1. The van der Waals surface area contributed by atoms with Crippen molar-refractivity contribution < 1.29 is 17.9 Å². The Kier molecular flexibility index (Phi) is 6.01. The van der Waals surface area contributed by atoms with Crippen LogP contribution in [-0.4, -0.2) is 53.1 Å². The normalized spacial score (nSPS) is 14.5. The summed E-state index contributed by atoms with van der Waals surface area (Å²) < 4.78 is 34.8. The molecule has 1 aromatic heterocycles. The average Bonchev–Trinajstić information content (AvgIpc) is 3.50. The van der Waals surface area contributed by atoms with E-state index in [1.807, 2.05) is 0 Å². The summed E-state index contributed by atoms with van der Waals surface area (Å²) in [7, 11) is -3.70. The summed E-state index contributed by atoms with van der Waals surface area (Å²) in [6, 6.07) is 11.5. The Balaban J connectivity index is 1.57. The maximum atomic E-state index is 13.1. The number of anilines is 1. The molecule has 3 aromatic rings. The maximum Gasteiger partial charge on any atom is 0.255 e. The number of hydrogen-bond acceptors (Lipinski definition) is 6. The van der Waals surface area contributed by atoms with Crippen LogP contribution in [-0.2, 0) is 10.0 Å². The number of hydrogen-bond donors (Lipinski definition) is 1. The van der Waals surface area contributed by atoms with Crippen LogP contribution in [0.1, 0.15) is 30.1 Å². The fourth-order valence-corrected chi connectivity index (χ4v) is 5.11. The minimum Gasteiger partial charge on any atom is -0.492 e. The van der Waals surface area contributed by atoms with Crippen molar-refractivity contribution in [3.8, 4) is 11.4 Å². The van der Waals surface area contributed by atoms with Gasteiger partial charge in [-0.3, -0.25) is 4.79 Å². The van der Waals surface area contributed by atoms with Gasteiger partial charge in [0.25, 0.3) is 5.91 Å². The third-order valence-corrected chi connectivity index (χ3v) is 6.92. The number of nitrogens with one attached hydrogen (secondary N) is 1. The number of sulfonamides is 1. The Hall–Kier alpha value is -3.24. The molecule has 2 aromatic carbocycles. The smallest absolute Gasteiger partial charge is 0.255 e. The summed E-state index contributed by atoms with van der Waals surface area (Å²) in [4.78, 5) is 16.7. The van der Waals surface area contributed by atoms with Gasteiger partial charge in [0, 0.05) is 24.3 Å². The van der Waals surface area contributed by atoms with E-state index >= 15 is 0 Å². The summed E-state index contributed by atoms with van der Waals surface area (Å²) in [5.41, 5.74) is 1.59. The lowest BCUT2D eigenvalue weighted by Gasteiger charge is -2.19. The van der Waals surface area contributed by atoms with E-state index in [4.69, 9.17) is 4.74 Å². The van der Waals surface area contributed by atoms with Gasteiger partial charge in [0.2, 0.25) is 10.0 Å². The molecule has 1 aliphatic heterocycles. The molecule has 0 saturated carbocycles. The predicted molar refractivity (Wildman–Crippen MR) is 115 cm³/mol. The number of benzene rings is 2. The molecule has 0 atom stereocenters. The van der Waals surface area contributed by atoms with E-state index in [9.17, 15) is 13.2 Å². The van der Waals surface area contributed by atoms with Gasteiger partial charge in [-0.15, -0.1) is 0 Å². The SMILES string of the molecule is CCOc1ccc(NC(=O)c2ccc(-n3cncn3)cc2)cc1S(=O)(=O)N1CCCC1. The summed E-state index contributed by atoms with van der Waals surface area (Å²) in [5.74, 6) is -0.0663. The molecule has 162 valence electrons. The topological polar surface area (TPSA) is 106 Å². The molecule has 0 aliphatic carbocycles. The molecule has 2 heterocycles. The van der Waals surface area contributed by atoms with Gasteiger partial charge in [-0.2, -0.15) is 9.40 Å². The Labute approximate surface area is 180 Å². The number of ether oxygens (including phenoxy) is 1. The number of amides is 1. The van der Waals surface area contributed by atoms with Gasteiger partial charge >= 0.3 is 0 Å². The first-order valence-corrected chi connectivity index (χ1v) is 11.5. The minimum absolute atomic E-state index is 0.0654. The zero-order valence-corrected chi connectivity index (χ0v) is 17.9. The van der Waals surface area contributed by atoms with Crippen molar-refractivity contribution >= 4 is 21.6 Å². The van der Waals surface area contributed by atoms with Gasteiger partial charge in [-0.05, 0) is 62.2 Å². The van der Waals surface area contributed by atoms with Crippen LogP contribution in [0.25, 0.3) is 5.69 Å². The van der Waals surface area contributed by atoms with Gasteiger partial charge in [0.05, 0.1) is 12.3 Å². The lowest BCUT2D eigenvalue weighted by atomic mass is 10.2. The molecular formula is C21H23N5O4S. The zero-order chi connectivity index (χ0) is 21.8. The Bertz CT molecular complexity index is 1150. The fraction of sp³-hybridized carbons (Fsp3) is 0.286. The molecule has 31 heavy (non-hydrogen) atoms. The van der Waals surface area contributed by atoms with Crippen LogP contribution in [0.15, 0.2) is 60.0 Å². The fourth-order valence-electron chi connectivity index (χ4n) is 3.44. The summed E-state index contributed by atoms with van der Waals surface area (Å²) in [5, 5.41) is 6.82. The van der Waals surface area contributed by atoms with Crippen LogP contribution in [0.4, 0.5) is 5.69 Å². The van der Waals surface area contributed by atoms with Crippen LogP contribution < -0.4 is 10.1 Å². The van der Waals surface area contributed by atoms with E-state index in [-0.39, 0.29) is 16.6 Å². The van der Waals surface area contributed by atoms with E-state index in [1.54, 1.807) is 54.3 Å². The highest BCUT2D eigenvalue weighted by atomic mass is 32.2. The first kappa shape index (κ1) is 21.0. The van der Waals surface area contributed by atoms with E-state index in [0.29, 0.717) is 30.9 Å². The molecule has 0 radical (unpaired) electrons. The number of nitrogens with zero attached hydrogens (tertiary/aromatic N) is 4. The van der Waals surface area contributed by atoms with Crippen molar-refractivity contribution in [3.63, 3.8) is 0 Å². The van der Waals surface area contributed by atoms with Crippen molar-refractivity contribution in [1.82, 2.24) is 19.1 Å². The third kappa shape index (κ3) is 4.44. The van der Waals surface area contributed by atoms with E-state index in [2.05, 4.69) is 15.4 Å². The van der Waals surface area contributed by atoms with Crippen molar-refractivity contribution in [2.24, 2.45) is 0 Å². The third-order valence-electron chi connectivity index (χ3n) is 5.00. The monoisotopic (exact) mass is 441 g/mol. The van der Waals surface area contributed by atoms with Crippen LogP contribution >= 0.6 is 0 Å². The van der Waals surface area contributed by atoms with Gasteiger partial charge in [-0.1, -0.05) is 0 Å². The molecule has 0 bridgehead atoms. The quantitative estimate of drug-likeness (QED) is 0.604. The second-order valence-corrected chi connectivity index (χ2v) is 8.95. The molecule has 1 amide bonds. The molecule has 1 saturated heterocycles. The largest absolute Gasteiger partial charge is 0.492 e. The van der Waals surface area contributed by atoms with Crippen LogP contribution in [0, 0.1) is 0 Å². The van der Waals surface area contributed by atoms with Gasteiger partial charge in [0.1, 0.15) is 23.3 Å². The summed E-state index contributed by atoms with van der Waals surface area (Å²) in [6.07, 6.45) is 4.67. The predicted octanol–water partition coefficient (Wildman–Crippen LogP) is 2.70. The van der Waals surface area contributed by atoms with E-state index in [1.165, 1.54) is 16.7 Å². The van der Waals surface area contributed by atoms with Gasteiger partial charge in [-0.25, -0.2) is 18.1 Å². The first-order chi connectivity index (χ1) is 15.0. The van der Waals surface area contributed by atoms with E-state index < -0.39 is 10.0 Å². The van der Waals surface area contributed by atoms with Crippen molar-refractivity contribution in [3.05, 3.63) is 60.7 Å². The molecule has 9 nitrogen and oxygen atoms in total. The molecule has 4 rings (SSSR count). The minimum atomic E-state index is -3.70. The van der Waals surface area contributed by atoms with Crippen molar-refractivity contribution in [2.45, 2.75) is 24.7 Å². The molecule has 1 fully saturated rings. The molecule has 10 heteroatoms. The molecular weight excluding hydrogens is 418 g/mol. The Morgan fingerprint density at radius 1 is 1.13 bits per heavy atom. The van der Waals surface area contributed by atoms with Crippen molar-refractivity contribution in [2.75, 3.05) is 25.0 Å². The second kappa shape index (κ2) is 8.86. The van der Waals surface area contributed by atoms with Crippen molar-refractivity contribution in [1.29, 1.82) is 0 Å². The molecule has 1 N–H and O–H groups in total. The second-order valence-electron chi connectivity index (χ2n) is 7.05. The summed E-state index contributed by atoms with van der Waals surface area (Å²) in [6.45, 7) is 3.11. The van der Waals surface area contributed by atoms with Gasteiger partial charge < -0.3 is 10.1 Å². The Morgan fingerprint density at radius 2 is 1.87 bits per heavy atom. The summed E-state index contributed by atoms with van der Waals surface area (Å²) >= 11 is 0. The highest BCUT2D eigenvalue weighted by Gasteiger charge is 2.30. The molecule has 0 spiro atoms. The van der Waals surface area contributed by atoms with Gasteiger partial charge in [0.15, 0.2) is 0 Å². The standard InChI is InChI=1S/C21H23N5O4S/c1-2-30-19-10-7-17(13-20(19)31(28,29)25-11-3-4-12-25)24-21(27)16-5-8-18(9-6-16)26-15-22-14-23-26/h5-10,13-15H,2-4,11-12H2,1H3,(H,24,27). The van der Waals surface area contributed by atoms with Crippen LogP contribution in [0.3, 0.4) is 0 Å². The lowest BCUT2D eigenvalue weighted by Crippen LogP contribution is -2.28. The number of carbonyl (C=O) groups is 1. The number of aromatic nitrogens is 3. The maximum absolute atomic E-state index is 13.1. The Morgan fingerprint density at radius 3 is 2.52 bits per heavy atom. The molecule has 1 aliphatic rings. The first-order valence-electron chi connectivity index (χ1n) is 10.0. The zero-order valence-electron chi connectivity index (χ0n) is 17.1. The van der Waals surface area contributed by atoms with Crippen LogP contribution in [0.5, 0.6) is 5.75 Å².